The van der Waals surface area contributed by atoms with Crippen LogP contribution >= 0.6 is 24.0 Å². The van der Waals surface area contributed by atoms with Gasteiger partial charge in [0.25, 0.3) is 0 Å². The topological polar surface area (TPSA) is 36.9 Å². The summed E-state index contributed by atoms with van der Waals surface area (Å²) < 4.78 is 5.48. The van der Waals surface area contributed by atoms with Crippen LogP contribution in [0.2, 0.25) is 0 Å². The van der Waals surface area contributed by atoms with Crippen molar-refractivity contribution in [3.8, 4) is 11.1 Å². The quantitative estimate of drug-likeness (QED) is 0.394. The summed E-state index contributed by atoms with van der Waals surface area (Å²) in [4.78, 5) is 6.63. The van der Waals surface area contributed by atoms with Crippen molar-refractivity contribution >= 4 is 29.9 Å². The number of ether oxygens (including phenoxy) is 1. The number of benzene rings is 2. The van der Waals surface area contributed by atoms with E-state index in [0.29, 0.717) is 5.92 Å². The van der Waals surface area contributed by atoms with Gasteiger partial charge in [0.15, 0.2) is 5.96 Å². The van der Waals surface area contributed by atoms with Gasteiger partial charge in [0.2, 0.25) is 0 Å². The Morgan fingerprint density at radius 1 is 1.19 bits per heavy atom. The first-order valence-corrected chi connectivity index (χ1v) is 9.31. The monoisotopic (exact) mass is 479 g/mol. The highest BCUT2D eigenvalue weighted by Crippen LogP contribution is 2.21. The molecule has 2 aromatic rings. The lowest BCUT2D eigenvalue weighted by molar-refractivity contribution is 0.181. The molecule has 146 valence electrons. The summed E-state index contributed by atoms with van der Waals surface area (Å²) in [6.07, 6.45) is 1.14. The highest BCUT2D eigenvalue weighted by molar-refractivity contribution is 14.0. The fourth-order valence-electron chi connectivity index (χ4n) is 3.45. The second kappa shape index (κ2) is 10.7. The van der Waals surface area contributed by atoms with Crippen LogP contribution in [0.3, 0.4) is 0 Å². The highest BCUT2D eigenvalue weighted by atomic mass is 127. The predicted octanol–water partition coefficient (Wildman–Crippen LogP) is 4.32. The average molecular weight is 479 g/mol. The Kier molecular flexibility index (Phi) is 8.57. The molecule has 0 aromatic heterocycles. The standard InChI is InChI=1S/C22H29N3O.HI/c1-17-6-4-8-20(12-17)21-9-5-7-18(13-21)14-24-22(23-2)25(3)15-19-10-11-26-16-19;/h4-9,12-13,19H,10-11,14-16H2,1-3H3,(H,23,24);1H. The van der Waals surface area contributed by atoms with Crippen LogP contribution in [-0.2, 0) is 11.3 Å². The van der Waals surface area contributed by atoms with Crippen molar-refractivity contribution < 1.29 is 4.74 Å². The fraction of sp³-hybridized carbons (Fsp3) is 0.409. The lowest BCUT2D eigenvalue weighted by Gasteiger charge is -2.24. The van der Waals surface area contributed by atoms with E-state index in [2.05, 4.69) is 77.7 Å². The zero-order chi connectivity index (χ0) is 18.4. The number of rotatable bonds is 5. The van der Waals surface area contributed by atoms with Gasteiger partial charge in [0.05, 0.1) is 6.61 Å². The Morgan fingerprint density at radius 2 is 1.93 bits per heavy atom. The Hall–Kier alpha value is -1.60. The van der Waals surface area contributed by atoms with Crippen LogP contribution in [0.4, 0.5) is 0 Å². The Balaban J connectivity index is 0.00000261. The van der Waals surface area contributed by atoms with Gasteiger partial charge in [-0.05, 0) is 36.1 Å². The molecule has 3 rings (SSSR count). The number of hydrogen-bond acceptors (Lipinski definition) is 2. The number of aliphatic imine (C=N–C) groups is 1. The van der Waals surface area contributed by atoms with Crippen LogP contribution in [0, 0.1) is 12.8 Å². The molecule has 0 amide bonds. The summed E-state index contributed by atoms with van der Waals surface area (Å²) in [5.74, 6) is 1.53. The van der Waals surface area contributed by atoms with E-state index in [9.17, 15) is 0 Å². The second-order valence-electron chi connectivity index (χ2n) is 7.08. The Labute approximate surface area is 180 Å². The third-order valence-electron chi connectivity index (χ3n) is 4.86. The van der Waals surface area contributed by atoms with Crippen LogP contribution in [0.5, 0.6) is 0 Å². The van der Waals surface area contributed by atoms with Gasteiger partial charge in [0.1, 0.15) is 0 Å². The molecule has 2 aromatic carbocycles. The molecule has 1 saturated heterocycles. The predicted molar refractivity (Wildman–Crippen MR) is 124 cm³/mol. The molecular weight excluding hydrogens is 449 g/mol. The molecule has 1 aliphatic heterocycles. The number of hydrogen-bond donors (Lipinski definition) is 1. The smallest absolute Gasteiger partial charge is 0.193 e. The zero-order valence-electron chi connectivity index (χ0n) is 16.4. The third kappa shape index (κ3) is 6.21. The van der Waals surface area contributed by atoms with Gasteiger partial charge in [0, 0.05) is 39.7 Å². The van der Waals surface area contributed by atoms with E-state index in [4.69, 9.17) is 4.74 Å². The van der Waals surface area contributed by atoms with E-state index in [-0.39, 0.29) is 24.0 Å². The summed E-state index contributed by atoms with van der Waals surface area (Å²) in [5, 5.41) is 3.48. The first-order chi connectivity index (χ1) is 12.7. The first kappa shape index (κ1) is 21.7. The minimum Gasteiger partial charge on any atom is -0.381 e. The molecule has 0 spiro atoms. The fourth-order valence-corrected chi connectivity index (χ4v) is 3.45. The lowest BCUT2D eigenvalue weighted by atomic mass is 10.0. The molecule has 0 saturated carbocycles. The molecule has 1 fully saturated rings. The van der Waals surface area contributed by atoms with Crippen LogP contribution in [-0.4, -0.2) is 44.7 Å². The number of guanidine groups is 1. The third-order valence-corrected chi connectivity index (χ3v) is 4.86. The Bertz CT molecular complexity index is 757. The van der Waals surface area contributed by atoms with Gasteiger partial charge in [-0.2, -0.15) is 0 Å². The van der Waals surface area contributed by atoms with Gasteiger partial charge >= 0.3 is 0 Å². The summed E-state index contributed by atoms with van der Waals surface area (Å²) in [7, 11) is 3.93. The molecule has 5 heteroatoms. The van der Waals surface area contributed by atoms with Crippen LogP contribution in [0.15, 0.2) is 53.5 Å². The van der Waals surface area contributed by atoms with Crippen molar-refractivity contribution in [2.75, 3.05) is 33.9 Å². The van der Waals surface area contributed by atoms with E-state index in [1.54, 1.807) is 0 Å². The maximum Gasteiger partial charge on any atom is 0.193 e. The van der Waals surface area contributed by atoms with Gasteiger partial charge in [-0.3, -0.25) is 4.99 Å². The van der Waals surface area contributed by atoms with Crippen LogP contribution in [0.25, 0.3) is 11.1 Å². The van der Waals surface area contributed by atoms with Crippen molar-refractivity contribution in [1.29, 1.82) is 0 Å². The second-order valence-corrected chi connectivity index (χ2v) is 7.08. The van der Waals surface area contributed by atoms with Gasteiger partial charge < -0.3 is 15.0 Å². The van der Waals surface area contributed by atoms with E-state index in [0.717, 1.165) is 38.7 Å². The van der Waals surface area contributed by atoms with E-state index < -0.39 is 0 Å². The number of halogens is 1. The maximum atomic E-state index is 5.48. The number of nitrogens with one attached hydrogen (secondary N) is 1. The van der Waals surface area contributed by atoms with Gasteiger partial charge in [-0.15, -0.1) is 24.0 Å². The van der Waals surface area contributed by atoms with Crippen molar-refractivity contribution in [3.63, 3.8) is 0 Å². The average Bonchev–Trinajstić information content (AvgIpc) is 3.15. The Morgan fingerprint density at radius 3 is 2.59 bits per heavy atom. The molecular formula is C22H30IN3O. The number of aryl methyl sites for hydroxylation is 1. The van der Waals surface area contributed by atoms with Crippen LogP contribution < -0.4 is 5.32 Å². The normalized spacial score (nSPS) is 16.7. The summed E-state index contributed by atoms with van der Waals surface area (Å²) in [6.45, 7) is 5.61. The molecule has 1 unspecified atom stereocenters. The molecule has 0 bridgehead atoms. The van der Waals surface area contributed by atoms with Gasteiger partial charge in [-0.1, -0.05) is 48.0 Å². The van der Waals surface area contributed by atoms with Crippen LogP contribution in [0.1, 0.15) is 17.5 Å². The molecule has 0 radical (unpaired) electrons. The molecule has 1 heterocycles. The summed E-state index contributed by atoms with van der Waals surface area (Å²) in [6, 6.07) is 17.3. The summed E-state index contributed by atoms with van der Waals surface area (Å²) in [5.41, 5.74) is 5.04. The molecule has 1 N–H and O–H groups in total. The lowest BCUT2D eigenvalue weighted by Crippen LogP contribution is -2.41. The maximum absolute atomic E-state index is 5.48. The summed E-state index contributed by atoms with van der Waals surface area (Å²) >= 11 is 0. The highest BCUT2D eigenvalue weighted by Gasteiger charge is 2.19. The first-order valence-electron chi connectivity index (χ1n) is 9.31. The molecule has 4 nitrogen and oxygen atoms in total. The zero-order valence-corrected chi connectivity index (χ0v) is 18.8. The SMILES string of the molecule is CN=C(NCc1cccc(-c2cccc(C)c2)c1)N(C)CC1CCOC1.I. The molecule has 1 aliphatic rings. The van der Waals surface area contributed by atoms with E-state index in [1.807, 2.05) is 7.05 Å². The van der Waals surface area contributed by atoms with E-state index >= 15 is 0 Å². The van der Waals surface area contributed by atoms with Crippen molar-refractivity contribution in [2.45, 2.75) is 19.9 Å². The number of nitrogens with zero attached hydrogens (tertiary/aromatic N) is 2. The van der Waals surface area contributed by atoms with E-state index in [1.165, 1.54) is 22.3 Å². The van der Waals surface area contributed by atoms with Crippen molar-refractivity contribution in [3.05, 3.63) is 59.7 Å². The minimum atomic E-state index is 0. The van der Waals surface area contributed by atoms with Crippen molar-refractivity contribution in [2.24, 2.45) is 10.9 Å². The van der Waals surface area contributed by atoms with Crippen molar-refractivity contribution in [1.82, 2.24) is 10.2 Å². The molecule has 1 atom stereocenters. The molecule has 27 heavy (non-hydrogen) atoms. The minimum absolute atomic E-state index is 0. The largest absolute Gasteiger partial charge is 0.381 e. The van der Waals surface area contributed by atoms with Gasteiger partial charge in [-0.25, -0.2) is 0 Å². The molecule has 0 aliphatic carbocycles.